The summed E-state index contributed by atoms with van der Waals surface area (Å²) in [6, 6.07) is 3.87. The third-order valence-corrected chi connectivity index (χ3v) is 4.50. The van der Waals surface area contributed by atoms with Crippen LogP contribution in [0, 0.1) is 0 Å². The molecule has 1 aromatic rings. The smallest absolute Gasteiger partial charge is 0.331 e. The van der Waals surface area contributed by atoms with Crippen molar-refractivity contribution in [1.29, 1.82) is 0 Å². The number of rotatable bonds is 9. The van der Waals surface area contributed by atoms with Crippen LogP contribution in [0.15, 0.2) is 35.9 Å². The van der Waals surface area contributed by atoms with Gasteiger partial charge in [-0.15, -0.1) is 0 Å². The van der Waals surface area contributed by atoms with Crippen molar-refractivity contribution in [3.63, 3.8) is 0 Å². The maximum absolute atomic E-state index is 12.2. The summed E-state index contributed by atoms with van der Waals surface area (Å²) >= 11 is 0. The summed E-state index contributed by atoms with van der Waals surface area (Å²) in [6.07, 6.45) is -3.73. The minimum absolute atomic E-state index is 0.224. The topological polar surface area (TPSA) is 186 Å². The minimum Gasteiger partial charge on any atom is -0.504 e. The lowest BCUT2D eigenvalue weighted by molar-refractivity contribution is -0.300. The third-order valence-electron chi connectivity index (χ3n) is 4.50. The summed E-state index contributed by atoms with van der Waals surface area (Å²) in [5.41, 5.74) is 0.681. The molecule has 0 spiro atoms. The number of esters is 1. The van der Waals surface area contributed by atoms with Crippen LogP contribution in [0.1, 0.15) is 5.56 Å². The van der Waals surface area contributed by atoms with E-state index in [4.69, 9.17) is 19.3 Å². The van der Waals surface area contributed by atoms with E-state index in [0.717, 1.165) is 6.08 Å². The summed E-state index contributed by atoms with van der Waals surface area (Å²) in [7, 11) is 0. The van der Waals surface area contributed by atoms with Gasteiger partial charge in [-0.3, -0.25) is 0 Å². The second kappa shape index (κ2) is 11.8. The number of aromatic hydroxyl groups is 2. The number of benzene rings is 1. The molecular formula is C20H26O11. The van der Waals surface area contributed by atoms with Crippen LogP contribution in [-0.4, -0.2) is 98.8 Å². The average molecular weight is 442 g/mol. The molecule has 0 unspecified atom stereocenters. The summed E-state index contributed by atoms with van der Waals surface area (Å²) in [6.45, 7) is -1.62. The highest BCUT2D eigenvalue weighted by atomic mass is 16.7. The number of hydrogen-bond acceptors (Lipinski definition) is 11. The molecule has 31 heavy (non-hydrogen) atoms. The van der Waals surface area contributed by atoms with Gasteiger partial charge < -0.3 is 50.0 Å². The summed E-state index contributed by atoms with van der Waals surface area (Å²) < 4.78 is 15.8. The molecule has 0 saturated carbocycles. The van der Waals surface area contributed by atoms with E-state index >= 15 is 0 Å². The van der Waals surface area contributed by atoms with Crippen molar-refractivity contribution in [2.75, 3.05) is 26.4 Å². The van der Waals surface area contributed by atoms with Gasteiger partial charge >= 0.3 is 5.97 Å². The first-order valence-electron chi connectivity index (χ1n) is 9.35. The predicted octanol–water partition coefficient (Wildman–Crippen LogP) is -1.61. The highest BCUT2D eigenvalue weighted by Gasteiger charge is 2.47. The van der Waals surface area contributed by atoms with Gasteiger partial charge in [0, 0.05) is 6.08 Å². The number of phenolic OH excluding ortho intramolecular Hbond substituents is 2. The van der Waals surface area contributed by atoms with E-state index in [1.165, 1.54) is 30.4 Å². The number of aliphatic hydroxyl groups excluding tert-OH is 5. The monoisotopic (exact) mass is 442 g/mol. The van der Waals surface area contributed by atoms with Crippen LogP contribution in [0.3, 0.4) is 0 Å². The lowest BCUT2D eigenvalue weighted by Gasteiger charge is -2.41. The molecule has 5 atom stereocenters. The van der Waals surface area contributed by atoms with Crippen molar-refractivity contribution in [3.05, 3.63) is 41.5 Å². The molecule has 1 aliphatic heterocycles. The molecule has 1 fully saturated rings. The Bertz CT molecular complexity index is 791. The number of ether oxygens (including phenoxy) is 3. The first-order chi connectivity index (χ1) is 14.8. The van der Waals surface area contributed by atoms with Gasteiger partial charge in [-0.1, -0.05) is 12.1 Å². The first kappa shape index (κ1) is 24.8. The molecule has 7 N–H and O–H groups in total. The molecule has 1 heterocycles. The predicted molar refractivity (Wildman–Crippen MR) is 105 cm³/mol. The maximum Gasteiger partial charge on any atom is 0.331 e. The van der Waals surface area contributed by atoms with E-state index in [-0.39, 0.29) is 24.7 Å². The standard InChI is InChI=1S/C20H26O11/c21-6-5-12(8-22)10-29-20-18(28)19(17(27)15(9-23)30-20)31-16(26)4-2-11-1-3-13(24)14(25)7-11/h1-5,7,15,17-25,27-28H,6,8-10H2/t15-,17-,18-,19+,20-/m1/s1. The number of aliphatic hydroxyl groups is 5. The Kier molecular flexibility index (Phi) is 9.40. The second-order valence-corrected chi connectivity index (χ2v) is 6.70. The normalized spacial score (nSPS) is 26.9. The molecule has 0 aromatic heterocycles. The molecule has 1 aliphatic rings. The number of hydrogen-bond donors (Lipinski definition) is 7. The van der Waals surface area contributed by atoms with Crippen molar-refractivity contribution in [3.8, 4) is 11.5 Å². The molecule has 0 bridgehead atoms. The molecule has 2 rings (SSSR count). The zero-order valence-corrected chi connectivity index (χ0v) is 16.4. The number of carbonyl (C=O) groups excluding carboxylic acids is 1. The molecule has 1 aromatic carbocycles. The number of carbonyl (C=O) groups is 1. The SMILES string of the molecule is O=C(C=Cc1ccc(O)c(O)c1)O[C@@H]1[C@@H](O)[C@H](OCC(=CCO)CO)O[C@H](CO)[C@H]1O. The summed E-state index contributed by atoms with van der Waals surface area (Å²) in [4.78, 5) is 12.2. The minimum atomic E-state index is -1.62. The molecule has 172 valence electrons. The van der Waals surface area contributed by atoms with Crippen molar-refractivity contribution in [1.82, 2.24) is 0 Å². The largest absolute Gasteiger partial charge is 0.504 e. The third kappa shape index (κ3) is 6.74. The van der Waals surface area contributed by atoms with Crippen LogP contribution >= 0.6 is 0 Å². The van der Waals surface area contributed by atoms with Crippen LogP contribution in [0.4, 0.5) is 0 Å². The molecule has 11 nitrogen and oxygen atoms in total. The Balaban J connectivity index is 2.07. The molecular weight excluding hydrogens is 416 g/mol. The first-order valence-corrected chi connectivity index (χ1v) is 9.35. The summed E-state index contributed by atoms with van der Waals surface area (Å²) in [5.74, 6) is -1.65. The fourth-order valence-electron chi connectivity index (χ4n) is 2.80. The quantitative estimate of drug-likeness (QED) is 0.101. The van der Waals surface area contributed by atoms with Gasteiger partial charge in [-0.05, 0) is 29.3 Å². The van der Waals surface area contributed by atoms with Crippen LogP contribution < -0.4 is 0 Å². The van der Waals surface area contributed by atoms with Gasteiger partial charge in [0.1, 0.15) is 18.3 Å². The molecule has 0 amide bonds. The average Bonchev–Trinajstić information content (AvgIpc) is 2.76. The lowest BCUT2D eigenvalue weighted by Crippen LogP contribution is -2.60. The van der Waals surface area contributed by atoms with Crippen LogP contribution in [-0.2, 0) is 19.0 Å². The maximum atomic E-state index is 12.2. The van der Waals surface area contributed by atoms with Crippen molar-refractivity contribution in [2.45, 2.75) is 30.7 Å². The fraction of sp³-hybridized carbons (Fsp3) is 0.450. The Morgan fingerprint density at radius 3 is 2.45 bits per heavy atom. The highest BCUT2D eigenvalue weighted by molar-refractivity contribution is 5.87. The van der Waals surface area contributed by atoms with E-state index in [2.05, 4.69) is 0 Å². The van der Waals surface area contributed by atoms with Crippen LogP contribution in [0.25, 0.3) is 6.08 Å². The number of phenols is 2. The zero-order chi connectivity index (χ0) is 23.0. The van der Waals surface area contributed by atoms with Crippen molar-refractivity contribution in [2.24, 2.45) is 0 Å². The Hall–Kier alpha value is -2.51. The van der Waals surface area contributed by atoms with Gasteiger partial charge in [0.25, 0.3) is 0 Å². The molecule has 11 heteroatoms. The van der Waals surface area contributed by atoms with Crippen LogP contribution in [0.5, 0.6) is 11.5 Å². The summed E-state index contributed by atoms with van der Waals surface area (Å²) in [5, 5.41) is 67.0. The van der Waals surface area contributed by atoms with Gasteiger partial charge in [0.2, 0.25) is 0 Å². The Morgan fingerprint density at radius 2 is 1.84 bits per heavy atom. The van der Waals surface area contributed by atoms with Crippen molar-refractivity contribution >= 4 is 12.0 Å². The van der Waals surface area contributed by atoms with E-state index in [1.807, 2.05) is 0 Å². The second-order valence-electron chi connectivity index (χ2n) is 6.70. The zero-order valence-electron chi connectivity index (χ0n) is 16.4. The van der Waals surface area contributed by atoms with E-state index in [0.29, 0.717) is 11.1 Å². The van der Waals surface area contributed by atoms with E-state index < -0.39 is 49.9 Å². The Morgan fingerprint density at radius 1 is 1.10 bits per heavy atom. The highest BCUT2D eigenvalue weighted by Crippen LogP contribution is 2.26. The lowest BCUT2D eigenvalue weighted by atomic mass is 9.99. The molecule has 1 saturated heterocycles. The van der Waals surface area contributed by atoms with Gasteiger partial charge in [0.05, 0.1) is 26.4 Å². The van der Waals surface area contributed by atoms with Gasteiger partial charge in [0.15, 0.2) is 23.9 Å². The van der Waals surface area contributed by atoms with E-state index in [1.54, 1.807) is 0 Å². The van der Waals surface area contributed by atoms with E-state index in [9.17, 15) is 35.4 Å². The molecule has 0 radical (unpaired) electrons. The van der Waals surface area contributed by atoms with Gasteiger partial charge in [-0.2, -0.15) is 0 Å². The van der Waals surface area contributed by atoms with Crippen LogP contribution in [0.2, 0.25) is 0 Å². The van der Waals surface area contributed by atoms with Crippen molar-refractivity contribution < 1.29 is 54.8 Å². The fourth-order valence-corrected chi connectivity index (χ4v) is 2.80. The molecule has 0 aliphatic carbocycles. The van der Waals surface area contributed by atoms with Gasteiger partial charge in [-0.25, -0.2) is 4.79 Å². The Labute approximate surface area is 177 Å².